The Hall–Kier alpha value is -2.99. The summed E-state index contributed by atoms with van der Waals surface area (Å²) in [5.41, 5.74) is 5.59. The highest BCUT2D eigenvalue weighted by Gasteiger charge is 2.12. The molecule has 2 aromatic carbocycles. The van der Waals surface area contributed by atoms with Crippen LogP contribution in [0.2, 0.25) is 0 Å². The van der Waals surface area contributed by atoms with Gasteiger partial charge in [-0.3, -0.25) is 4.98 Å². The number of aromatic nitrogens is 1. The van der Waals surface area contributed by atoms with Gasteiger partial charge in [-0.25, -0.2) is 9.59 Å². The number of alkyl halides is 1. The minimum absolute atomic E-state index is 0.329. The lowest BCUT2D eigenvalue weighted by molar-refractivity contribution is 0.0517. The number of pyridine rings is 1. The van der Waals surface area contributed by atoms with Crippen LogP contribution in [0.5, 0.6) is 0 Å². The molecule has 3 aromatic rings. The van der Waals surface area contributed by atoms with Crippen LogP contribution in [-0.2, 0) is 14.8 Å². The average molecular weight is 468 g/mol. The van der Waals surface area contributed by atoms with E-state index in [0.717, 1.165) is 28.1 Å². The molecular formula is C24H22BrNO4. The number of nitrogens with zero attached hydrogens (tertiary/aromatic N) is 1. The van der Waals surface area contributed by atoms with Crippen LogP contribution in [0.15, 0.2) is 60.7 Å². The molecule has 0 bridgehead atoms. The molecule has 0 aliphatic rings. The maximum absolute atomic E-state index is 11.8. The van der Waals surface area contributed by atoms with Crippen molar-refractivity contribution in [2.45, 2.75) is 19.2 Å². The van der Waals surface area contributed by atoms with Gasteiger partial charge in [-0.2, -0.15) is 0 Å². The Morgan fingerprint density at radius 1 is 0.767 bits per heavy atom. The number of benzene rings is 2. The zero-order valence-corrected chi connectivity index (χ0v) is 18.4. The minimum Gasteiger partial charge on any atom is -0.462 e. The van der Waals surface area contributed by atoms with Gasteiger partial charge in [0.1, 0.15) is 0 Å². The average Bonchev–Trinajstić information content (AvgIpc) is 2.79. The molecule has 0 spiro atoms. The molecule has 0 amide bonds. The molecule has 0 aliphatic heterocycles. The third-order valence-electron chi connectivity index (χ3n) is 4.50. The van der Waals surface area contributed by atoms with E-state index in [1.54, 1.807) is 38.1 Å². The van der Waals surface area contributed by atoms with Gasteiger partial charge in [0.25, 0.3) is 0 Å². The maximum Gasteiger partial charge on any atom is 0.338 e. The van der Waals surface area contributed by atoms with E-state index in [1.165, 1.54) is 0 Å². The Labute approximate surface area is 184 Å². The quantitative estimate of drug-likeness (QED) is 0.331. The van der Waals surface area contributed by atoms with Gasteiger partial charge in [0.05, 0.1) is 35.7 Å². The number of hydrogen-bond acceptors (Lipinski definition) is 5. The third kappa shape index (κ3) is 4.94. The van der Waals surface area contributed by atoms with Crippen LogP contribution in [0.25, 0.3) is 22.4 Å². The molecule has 0 aliphatic carbocycles. The van der Waals surface area contributed by atoms with Crippen LogP contribution >= 0.6 is 15.9 Å². The lowest BCUT2D eigenvalue weighted by atomic mass is 10.0. The summed E-state index contributed by atoms with van der Waals surface area (Å²) in [7, 11) is 0. The van der Waals surface area contributed by atoms with E-state index in [1.807, 2.05) is 36.4 Å². The van der Waals surface area contributed by atoms with E-state index in [-0.39, 0.29) is 11.9 Å². The molecule has 1 heterocycles. The number of carbonyl (C=O) groups is 2. The van der Waals surface area contributed by atoms with Crippen molar-refractivity contribution >= 4 is 27.9 Å². The van der Waals surface area contributed by atoms with Gasteiger partial charge in [-0.1, -0.05) is 46.3 Å². The fourth-order valence-corrected chi connectivity index (χ4v) is 3.45. The number of halogens is 1. The van der Waals surface area contributed by atoms with Gasteiger partial charge >= 0.3 is 11.9 Å². The Balaban J connectivity index is 1.86. The Morgan fingerprint density at radius 3 is 1.73 bits per heavy atom. The van der Waals surface area contributed by atoms with E-state index in [0.29, 0.717) is 29.7 Å². The maximum atomic E-state index is 11.8. The normalized spacial score (nSPS) is 10.5. The predicted octanol–water partition coefficient (Wildman–Crippen LogP) is 5.66. The second-order valence-corrected chi connectivity index (χ2v) is 6.98. The van der Waals surface area contributed by atoms with Gasteiger partial charge in [-0.05, 0) is 49.7 Å². The molecule has 0 saturated heterocycles. The molecule has 5 nitrogen and oxygen atoms in total. The van der Waals surface area contributed by atoms with Crippen molar-refractivity contribution in [1.29, 1.82) is 0 Å². The Morgan fingerprint density at radius 2 is 1.27 bits per heavy atom. The van der Waals surface area contributed by atoms with Crippen LogP contribution < -0.4 is 0 Å². The third-order valence-corrected chi connectivity index (χ3v) is 5.03. The standard InChI is InChI=1S/C24H22BrNO4/c1-3-29-23(27)18-9-5-16(6-10-18)20-13-14-21(26-22(20)15-25)17-7-11-19(12-8-17)24(28)30-4-2/h5-14H,3-4,15H2,1-2H3. The summed E-state index contributed by atoms with van der Waals surface area (Å²) in [4.78, 5) is 28.5. The molecule has 3 rings (SSSR count). The van der Waals surface area contributed by atoms with Gasteiger partial charge in [-0.15, -0.1) is 0 Å². The largest absolute Gasteiger partial charge is 0.462 e. The number of rotatable bonds is 7. The first-order chi connectivity index (χ1) is 14.6. The van der Waals surface area contributed by atoms with Gasteiger partial charge in [0, 0.05) is 16.5 Å². The summed E-state index contributed by atoms with van der Waals surface area (Å²) in [6.45, 7) is 4.26. The highest BCUT2D eigenvalue weighted by Crippen LogP contribution is 2.28. The molecule has 154 valence electrons. The SMILES string of the molecule is CCOC(=O)c1ccc(-c2ccc(-c3ccc(C(=O)OCC)cc3)c(CBr)n2)cc1. The fraction of sp³-hybridized carbons (Fsp3) is 0.208. The van der Waals surface area contributed by atoms with Gasteiger partial charge < -0.3 is 9.47 Å². The lowest BCUT2D eigenvalue weighted by Crippen LogP contribution is -2.04. The fourth-order valence-electron chi connectivity index (χ4n) is 3.02. The monoisotopic (exact) mass is 467 g/mol. The molecule has 0 saturated carbocycles. The topological polar surface area (TPSA) is 65.5 Å². The molecular weight excluding hydrogens is 446 g/mol. The number of carbonyl (C=O) groups excluding carboxylic acids is 2. The van der Waals surface area contributed by atoms with Gasteiger partial charge in [0.2, 0.25) is 0 Å². The van der Waals surface area contributed by atoms with Crippen LogP contribution in [0.1, 0.15) is 40.3 Å². The van der Waals surface area contributed by atoms with E-state index >= 15 is 0 Å². The first kappa shape index (κ1) is 21.7. The second kappa shape index (κ2) is 10.2. The summed E-state index contributed by atoms with van der Waals surface area (Å²) >= 11 is 3.52. The van der Waals surface area contributed by atoms with Crippen molar-refractivity contribution in [3.63, 3.8) is 0 Å². The first-order valence-electron chi connectivity index (χ1n) is 9.68. The zero-order chi connectivity index (χ0) is 21.5. The first-order valence-corrected chi connectivity index (χ1v) is 10.8. The summed E-state index contributed by atoms with van der Waals surface area (Å²) < 4.78 is 10.1. The van der Waals surface area contributed by atoms with Crippen LogP contribution in [0, 0.1) is 0 Å². The highest BCUT2D eigenvalue weighted by molar-refractivity contribution is 9.08. The van der Waals surface area contributed by atoms with E-state index in [9.17, 15) is 9.59 Å². The molecule has 30 heavy (non-hydrogen) atoms. The molecule has 0 atom stereocenters. The van der Waals surface area contributed by atoms with Crippen molar-refractivity contribution in [2.75, 3.05) is 13.2 Å². The second-order valence-electron chi connectivity index (χ2n) is 6.42. The predicted molar refractivity (Wildman–Crippen MR) is 120 cm³/mol. The smallest absolute Gasteiger partial charge is 0.338 e. The summed E-state index contributed by atoms with van der Waals surface area (Å²) in [5, 5.41) is 0.580. The molecule has 0 radical (unpaired) electrons. The highest BCUT2D eigenvalue weighted by atomic mass is 79.9. The molecule has 6 heteroatoms. The van der Waals surface area contributed by atoms with E-state index in [2.05, 4.69) is 15.9 Å². The van der Waals surface area contributed by atoms with Gasteiger partial charge in [0.15, 0.2) is 0 Å². The van der Waals surface area contributed by atoms with Crippen LogP contribution in [0.4, 0.5) is 0 Å². The Kier molecular flexibility index (Phi) is 7.36. The minimum atomic E-state index is -0.334. The molecule has 0 N–H and O–H groups in total. The number of ether oxygens (including phenoxy) is 2. The van der Waals surface area contributed by atoms with E-state index < -0.39 is 0 Å². The Bertz CT molecular complexity index is 1030. The number of hydrogen-bond donors (Lipinski definition) is 0. The molecule has 0 unspecified atom stereocenters. The summed E-state index contributed by atoms with van der Waals surface area (Å²) in [6.07, 6.45) is 0. The molecule has 1 aromatic heterocycles. The zero-order valence-electron chi connectivity index (χ0n) is 16.9. The number of esters is 2. The molecule has 0 fully saturated rings. The van der Waals surface area contributed by atoms with E-state index in [4.69, 9.17) is 14.5 Å². The summed E-state index contributed by atoms with van der Waals surface area (Å²) in [6, 6.07) is 18.5. The van der Waals surface area contributed by atoms with Crippen molar-refractivity contribution in [3.05, 3.63) is 77.5 Å². The van der Waals surface area contributed by atoms with Crippen LogP contribution in [-0.4, -0.2) is 30.1 Å². The lowest BCUT2D eigenvalue weighted by Gasteiger charge is -2.11. The van der Waals surface area contributed by atoms with Crippen molar-refractivity contribution in [2.24, 2.45) is 0 Å². The van der Waals surface area contributed by atoms with Crippen molar-refractivity contribution < 1.29 is 19.1 Å². The van der Waals surface area contributed by atoms with Crippen molar-refractivity contribution in [3.8, 4) is 22.4 Å². The van der Waals surface area contributed by atoms with Crippen molar-refractivity contribution in [1.82, 2.24) is 4.98 Å². The summed E-state index contributed by atoms with van der Waals surface area (Å²) in [5.74, 6) is -0.663. The van der Waals surface area contributed by atoms with Crippen LogP contribution in [0.3, 0.4) is 0 Å².